The van der Waals surface area contributed by atoms with Gasteiger partial charge in [0.2, 0.25) is 0 Å². The van der Waals surface area contributed by atoms with E-state index >= 15 is 0 Å². The van der Waals surface area contributed by atoms with E-state index in [1.54, 1.807) is 11.1 Å². The molecule has 0 spiro atoms. The third kappa shape index (κ3) is 4.66. The van der Waals surface area contributed by atoms with Crippen molar-refractivity contribution in [3.05, 3.63) is 83.4 Å². The lowest BCUT2D eigenvalue weighted by molar-refractivity contribution is -0.126. The van der Waals surface area contributed by atoms with Crippen molar-refractivity contribution >= 4 is 28.7 Å². The maximum atomic E-state index is 13.3. The summed E-state index contributed by atoms with van der Waals surface area (Å²) in [5, 5.41) is 2.79. The van der Waals surface area contributed by atoms with Gasteiger partial charge in [0.1, 0.15) is 10.8 Å². The first-order valence-corrected chi connectivity index (χ1v) is 12.9. The molecule has 1 atom stereocenters. The van der Waals surface area contributed by atoms with Crippen LogP contribution in [0.2, 0.25) is 0 Å². The number of rotatable bonds is 7. The molecule has 2 aromatic carbocycles. The van der Waals surface area contributed by atoms with E-state index in [0.717, 1.165) is 22.0 Å². The van der Waals surface area contributed by atoms with Crippen LogP contribution in [0, 0.1) is 0 Å². The molecule has 36 heavy (non-hydrogen) atoms. The molecule has 1 amide bonds. The number of hydrogen-bond acceptors (Lipinski definition) is 6. The van der Waals surface area contributed by atoms with Gasteiger partial charge >= 0.3 is 0 Å². The number of nitrogens with zero attached hydrogens (tertiary/aromatic N) is 3. The molecule has 0 bridgehead atoms. The number of ether oxygens (including phenoxy) is 1. The molecule has 1 unspecified atom stereocenters. The Balaban J connectivity index is 1.46. The Labute approximate surface area is 214 Å². The summed E-state index contributed by atoms with van der Waals surface area (Å²) in [6.07, 6.45) is 1.65. The van der Waals surface area contributed by atoms with E-state index in [2.05, 4.69) is 18.8 Å². The molecule has 0 saturated heterocycles. The van der Waals surface area contributed by atoms with Gasteiger partial charge in [0.05, 0.1) is 23.6 Å². The Hall–Kier alpha value is -3.84. The molecule has 6 nitrogen and oxygen atoms in total. The van der Waals surface area contributed by atoms with E-state index in [-0.39, 0.29) is 18.2 Å². The van der Waals surface area contributed by atoms with Gasteiger partial charge in [0.25, 0.3) is 5.91 Å². The van der Waals surface area contributed by atoms with Crippen LogP contribution in [0.4, 0.5) is 5.69 Å². The summed E-state index contributed by atoms with van der Waals surface area (Å²) >= 11 is 1.51. The van der Waals surface area contributed by atoms with Crippen LogP contribution in [0.25, 0.3) is 22.0 Å². The molecule has 4 aromatic rings. The van der Waals surface area contributed by atoms with Crippen molar-refractivity contribution in [1.82, 2.24) is 9.97 Å². The summed E-state index contributed by atoms with van der Waals surface area (Å²) in [5.41, 5.74) is 4.78. The van der Waals surface area contributed by atoms with Crippen molar-refractivity contribution < 1.29 is 14.3 Å². The van der Waals surface area contributed by atoms with Crippen molar-refractivity contribution in [3.8, 4) is 27.7 Å². The Bertz CT molecular complexity index is 1400. The molecule has 1 aliphatic heterocycles. The molecule has 2 aromatic heterocycles. The normalized spacial score (nSPS) is 15.1. The summed E-state index contributed by atoms with van der Waals surface area (Å²) in [5.74, 6) is 0.655. The fourth-order valence-corrected chi connectivity index (χ4v) is 5.01. The number of pyridine rings is 1. The molecular formula is C29H27N3O3S. The van der Waals surface area contributed by atoms with Gasteiger partial charge in [-0.1, -0.05) is 51.1 Å². The van der Waals surface area contributed by atoms with E-state index in [4.69, 9.17) is 9.72 Å². The van der Waals surface area contributed by atoms with Gasteiger partial charge in [-0.15, -0.1) is 11.3 Å². The average Bonchev–Trinajstić information content (AvgIpc) is 3.41. The Morgan fingerprint density at radius 2 is 1.89 bits per heavy atom. The minimum atomic E-state index is -0.616. The number of carbonyl (C=O) groups excluding carboxylic acids is 2. The number of amides is 1. The molecule has 5 rings (SSSR count). The highest BCUT2D eigenvalue weighted by Crippen LogP contribution is 2.39. The maximum Gasteiger partial charge on any atom is 0.268 e. The van der Waals surface area contributed by atoms with Gasteiger partial charge < -0.3 is 4.74 Å². The second-order valence-corrected chi connectivity index (χ2v) is 9.93. The van der Waals surface area contributed by atoms with Crippen LogP contribution in [0.3, 0.4) is 0 Å². The van der Waals surface area contributed by atoms with Crippen molar-refractivity contribution in [2.24, 2.45) is 0 Å². The van der Waals surface area contributed by atoms with E-state index < -0.39 is 6.10 Å². The number of ketones is 1. The van der Waals surface area contributed by atoms with Crippen molar-refractivity contribution in [1.29, 1.82) is 0 Å². The summed E-state index contributed by atoms with van der Waals surface area (Å²) in [7, 11) is 0. The molecule has 0 fully saturated rings. The van der Waals surface area contributed by atoms with Gasteiger partial charge in [0, 0.05) is 22.7 Å². The number of fused-ring (bicyclic) bond motifs is 1. The Kier molecular flexibility index (Phi) is 6.65. The highest BCUT2D eigenvalue weighted by Gasteiger charge is 2.35. The minimum Gasteiger partial charge on any atom is -0.478 e. The van der Waals surface area contributed by atoms with Gasteiger partial charge in [-0.25, -0.2) is 4.98 Å². The van der Waals surface area contributed by atoms with E-state index in [1.165, 1.54) is 16.9 Å². The summed E-state index contributed by atoms with van der Waals surface area (Å²) < 4.78 is 5.99. The lowest BCUT2D eigenvalue weighted by atomic mass is 10.00. The number of thiazole rings is 1. The van der Waals surface area contributed by atoms with Crippen LogP contribution in [-0.2, 0) is 4.79 Å². The summed E-state index contributed by atoms with van der Waals surface area (Å²) in [4.78, 5) is 37.2. The lowest BCUT2D eigenvalue weighted by Gasteiger charge is -2.34. The fourth-order valence-electron chi connectivity index (χ4n) is 4.21. The zero-order chi connectivity index (χ0) is 25.2. The molecule has 1 aliphatic rings. The third-order valence-corrected chi connectivity index (χ3v) is 7.18. The zero-order valence-corrected chi connectivity index (χ0v) is 21.3. The third-order valence-electron chi connectivity index (χ3n) is 6.32. The predicted molar refractivity (Wildman–Crippen MR) is 143 cm³/mol. The van der Waals surface area contributed by atoms with Gasteiger partial charge in [0.15, 0.2) is 11.9 Å². The smallest absolute Gasteiger partial charge is 0.268 e. The quantitative estimate of drug-likeness (QED) is 0.277. The summed E-state index contributed by atoms with van der Waals surface area (Å²) in [6.45, 7) is 6.09. The zero-order valence-electron chi connectivity index (χ0n) is 20.5. The van der Waals surface area contributed by atoms with Crippen molar-refractivity contribution in [2.75, 3.05) is 11.4 Å². The van der Waals surface area contributed by atoms with Crippen LogP contribution >= 0.6 is 11.3 Å². The van der Waals surface area contributed by atoms with E-state index in [9.17, 15) is 9.59 Å². The Morgan fingerprint density at radius 1 is 1.08 bits per heavy atom. The molecule has 7 heteroatoms. The maximum absolute atomic E-state index is 13.3. The van der Waals surface area contributed by atoms with Crippen LogP contribution in [0.1, 0.15) is 49.0 Å². The standard InChI is InChI=1S/C29H27N3O3S/c1-4-26-29(34)32(16-25(33)20-10-8-19(9-11-20)18(2)3)24-15-21(12-13-27(24)35-26)23-17-36-28(31-23)22-7-5-6-14-30-22/h5-15,17-18,26H,4,16H2,1-3H3. The van der Waals surface area contributed by atoms with Crippen LogP contribution < -0.4 is 9.64 Å². The van der Waals surface area contributed by atoms with Crippen molar-refractivity contribution in [2.45, 2.75) is 39.2 Å². The molecular weight excluding hydrogens is 470 g/mol. The van der Waals surface area contributed by atoms with E-state index in [0.29, 0.717) is 29.3 Å². The largest absolute Gasteiger partial charge is 0.478 e. The van der Waals surface area contributed by atoms with Crippen molar-refractivity contribution in [3.63, 3.8) is 0 Å². The summed E-state index contributed by atoms with van der Waals surface area (Å²) in [6, 6.07) is 19.0. The number of benzene rings is 2. The van der Waals surface area contributed by atoms with Crippen LogP contribution in [-0.4, -0.2) is 34.3 Å². The molecule has 0 radical (unpaired) electrons. The first-order valence-electron chi connectivity index (χ1n) is 12.1. The first-order chi connectivity index (χ1) is 17.4. The van der Waals surface area contributed by atoms with Gasteiger partial charge in [-0.05, 0) is 48.2 Å². The highest BCUT2D eigenvalue weighted by atomic mass is 32.1. The van der Waals surface area contributed by atoms with Gasteiger partial charge in [-0.2, -0.15) is 0 Å². The molecule has 182 valence electrons. The monoisotopic (exact) mass is 497 g/mol. The highest BCUT2D eigenvalue weighted by molar-refractivity contribution is 7.13. The number of anilines is 1. The van der Waals surface area contributed by atoms with Gasteiger partial charge in [-0.3, -0.25) is 19.5 Å². The number of carbonyl (C=O) groups is 2. The second-order valence-electron chi connectivity index (χ2n) is 9.07. The first kappa shape index (κ1) is 23.9. The average molecular weight is 498 g/mol. The number of hydrogen-bond donors (Lipinski definition) is 0. The molecule has 3 heterocycles. The second kappa shape index (κ2) is 10.0. The number of Topliss-reactive ketones (excluding diaryl/α,β-unsaturated/α-hetero) is 1. The molecule has 0 saturated carbocycles. The SMILES string of the molecule is CCC1Oc2ccc(-c3csc(-c4ccccn4)n3)cc2N(CC(=O)c2ccc(C(C)C)cc2)C1=O. The van der Waals surface area contributed by atoms with E-state index in [1.807, 2.05) is 73.0 Å². The topological polar surface area (TPSA) is 72.4 Å². The predicted octanol–water partition coefficient (Wildman–Crippen LogP) is 6.38. The fraction of sp³-hybridized carbons (Fsp3) is 0.241. The van der Waals surface area contributed by atoms with Crippen LogP contribution in [0.15, 0.2) is 72.2 Å². The molecule has 0 aliphatic carbocycles. The lowest BCUT2D eigenvalue weighted by Crippen LogP contribution is -2.47. The molecule has 0 N–H and O–H groups in total. The number of aromatic nitrogens is 2. The Morgan fingerprint density at radius 3 is 2.58 bits per heavy atom. The minimum absolute atomic E-state index is 0.0492. The van der Waals surface area contributed by atoms with Crippen LogP contribution in [0.5, 0.6) is 5.75 Å².